The number of likely N-dealkylation sites (tertiary alicyclic amines) is 1. The molecular weight excluding hydrogens is 282 g/mol. The Labute approximate surface area is 133 Å². The Morgan fingerprint density at radius 2 is 1.59 bits per heavy atom. The summed E-state index contributed by atoms with van der Waals surface area (Å²) >= 11 is 0. The van der Waals surface area contributed by atoms with E-state index in [9.17, 15) is 9.59 Å². The molecule has 6 heteroatoms. The van der Waals surface area contributed by atoms with Gasteiger partial charge in [0.25, 0.3) is 0 Å². The van der Waals surface area contributed by atoms with Crippen molar-refractivity contribution in [3.8, 4) is 0 Å². The Morgan fingerprint density at radius 1 is 1.05 bits per heavy atom. The van der Waals surface area contributed by atoms with Crippen molar-refractivity contribution < 1.29 is 14.3 Å². The number of urea groups is 1. The van der Waals surface area contributed by atoms with Gasteiger partial charge in [0.05, 0.1) is 12.2 Å². The maximum Gasteiger partial charge on any atom is 0.317 e. The molecule has 2 atom stereocenters. The smallest absolute Gasteiger partial charge is 0.317 e. The van der Waals surface area contributed by atoms with E-state index in [4.69, 9.17) is 4.74 Å². The molecular formula is C16H29N3O3. The highest BCUT2D eigenvalue weighted by Gasteiger charge is 2.33. The molecule has 126 valence electrons. The van der Waals surface area contributed by atoms with Crippen molar-refractivity contribution in [1.82, 2.24) is 15.1 Å². The molecule has 0 spiro atoms. The summed E-state index contributed by atoms with van der Waals surface area (Å²) in [5.41, 5.74) is 0. The summed E-state index contributed by atoms with van der Waals surface area (Å²) in [6, 6.07) is 0.123. The zero-order valence-electron chi connectivity index (χ0n) is 14.2. The van der Waals surface area contributed by atoms with Gasteiger partial charge in [0.1, 0.15) is 0 Å². The largest absolute Gasteiger partial charge is 0.372 e. The molecule has 3 amide bonds. The predicted octanol–water partition coefficient (Wildman–Crippen LogP) is 1.45. The Hall–Kier alpha value is -1.30. The molecule has 1 N–H and O–H groups in total. The van der Waals surface area contributed by atoms with E-state index in [0.717, 1.165) is 12.8 Å². The lowest BCUT2D eigenvalue weighted by Gasteiger charge is -2.39. The Morgan fingerprint density at radius 3 is 2.09 bits per heavy atom. The molecule has 22 heavy (non-hydrogen) atoms. The Bertz CT molecular complexity index is 395. The van der Waals surface area contributed by atoms with Crippen LogP contribution in [0, 0.1) is 5.92 Å². The number of ether oxygens (including phenoxy) is 1. The van der Waals surface area contributed by atoms with E-state index in [2.05, 4.69) is 5.32 Å². The number of nitrogens with zero attached hydrogens (tertiary/aromatic N) is 2. The van der Waals surface area contributed by atoms with Crippen LogP contribution in [-0.4, -0.2) is 66.2 Å². The van der Waals surface area contributed by atoms with Crippen LogP contribution in [0.15, 0.2) is 0 Å². The highest BCUT2D eigenvalue weighted by Crippen LogP contribution is 2.22. The molecule has 2 rings (SSSR count). The quantitative estimate of drug-likeness (QED) is 0.839. The number of morpholine rings is 1. The Kier molecular flexibility index (Phi) is 5.67. The molecule has 2 fully saturated rings. The fourth-order valence-corrected chi connectivity index (χ4v) is 3.28. The van der Waals surface area contributed by atoms with Crippen LogP contribution in [0.4, 0.5) is 4.79 Å². The van der Waals surface area contributed by atoms with Crippen molar-refractivity contribution >= 4 is 11.9 Å². The van der Waals surface area contributed by atoms with E-state index in [1.165, 1.54) is 0 Å². The van der Waals surface area contributed by atoms with E-state index in [0.29, 0.717) is 26.2 Å². The molecule has 0 aromatic rings. The highest BCUT2D eigenvalue weighted by atomic mass is 16.5. The average Bonchev–Trinajstić information content (AvgIpc) is 2.45. The molecule has 0 aliphatic carbocycles. The van der Waals surface area contributed by atoms with Crippen LogP contribution in [0.25, 0.3) is 0 Å². The number of hydrogen-bond acceptors (Lipinski definition) is 3. The van der Waals surface area contributed by atoms with Gasteiger partial charge in [0.15, 0.2) is 0 Å². The van der Waals surface area contributed by atoms with Crippen LogP contribution >= 0.6 is 0 Å². The monoisotopic (exact) mass is 311 g/mol. The lowest BCUT2D eigenvalue weighted by molar-refractivity contribution is -0.148. The third-order valence-corrected chi connectivity index (χ3v) is 4.27. The number of amides is 3. The summed E-state index contributed by atoms with van der Waals surface area (Å²) in [6.45, 7) is 10.6. The van der Waals surface area contributed by atoms with Gasteiger partial charge in [-0.25, -0.2) is 4.79 Å². The van der Waals surface area contributed by atoms with Crippen molar-refractivity contribution in [2.24, 2.45) is 5.92 Å². The SMILES string of the molecule is CC(C)NC(=O)N1CCC(C(=O)N2C[C@H](C)O[C@@H](C)C2)CC1. The van der Waals surface area contributed by atoms with Gasteiger partial charge in [-0.15, -0.1) is 0 Å². The molecule has 0 unspecified atom stereocenters. The zero-order chi connectivity index (χ0) is 16.3. The van der Waals surface area contributed by atoms with Crippen molar-refractivity contribution in [2.75, 3.05) is 26.2 Å². The zero-order valence-corrected chi connectivity index (χ0v) is 14.2. The molecule has 0 radical (unpaired) electrons. The maximum atomic E-state index is 12.6. The lowest BCUT2D eigenvalue weighted by Crippen LogP contribution is -2.52. The number of rotatable bonds is 2. The summed E-state index contributed by atoms with van der Waals surface area (Å²) < 4.78 is 5.68. The number of nitrogens with one attached hydrogen (secondary N) is 1. The van der Waals surface area contributed by atoms with Crippen LogP contribution in [-0.2, 0) is 9.53 Å². The van der Waals surface area contributed by atoms with Crippen molar-refractivity contribution in [1.29, 1.82) is 0 Å². The molecule has 2 heterocycles. The Balaban J connectivity index is 1.83. The van der Waals surface area contributed by atoms with Gasteiger partial charge in [0, 0.05) is 38.1 Å². The van der Waals surface area contributed by atoms with Gasteiger partial charge in [0.2, 0.25) is 5.91 Å². The normalized spacial score (nSPS) is 27.1. The van der Waals surface area contributed by atoms with E-state index in [1.807, 2.05) is 37.5 Å². The maximum absolute atomic E-state index is 12.6. The summed E-state index contributed by atoms with van der Waals surface area (Å²) in [5, 5.41) is 2.91. The van der Waals surface area contributed by atoms with Gasteiger partial charge in [-0.1, -0.05) is 0 Å². The molecule has 0 bridgehead atoms. The molecule has 2 saturated heterocycles. The summed E-state index contributed by atoms with van der Waals surface area (Å²) in [7, 11) is 0. The fraction of sp³-hybridized carbons (Fsp3) is 0.875. The minimum Gasteiger partial charge on any atom is -0.372 e. The number of carbonyl (C=O) groups excluding carboxylic acids is 2. The van der Waals surface area contributed by atoms with E-state index >= 15 is 0 Å². The van der Waals surface area contributed by atoms with Crippen LogP contribution in [0.3, 0.4) is 0 Å². The van der Waals surface area contributed by atoms with Crippen molar-refractivity contribution in [2.45, 2.75) is 58.8 Å². The molecule has 2 aliphatic rings. The molecule has 0 saturated carbocycles. The predicted molar refractivity (Wildman–Crippen MR) is 84.6 cm³/mol. The van der Waals surface area contributed by atoms with Gasteiger partial charge in [-0.3, -0.25) is 4.79 Å². The van der Waals surface area contributed by atoms with E-state index in [1.54, 1.807) is 0 Å². The number of carbonyl (C=O) groups is 2. The van der Waals surface area contributed by atoms with Gasteiger partial charge in [-0.05, 0) is 40.5 Å². The summed E-state index contributed by atoms with van der Waals surface area (Å²) in [4.78, 5) is 28.4. The number of hydrogen-bond donors (Lipinski definition) is 1. The van der Waals surface area contributed by atoms with Crippen LogP contribution in [0.5, 0.6) is 0 Å². The first kappa shape index (κ1) is 17.1. The summed E-state index contributed by atoms with van der Waals surface area (Å²) in [5.74, 6) is 0.270. The molecule has 6 nitrogen and oxygen atoms in total. The minimum atomic E-state index is -0.0190. The highest BCUT2D eigenvalue weighted by molar-refractivity contribution is 5.80. The van der Waals surface area contributed by atoms with Crippen LogP contribution in [0.2, 0.25) is 0 Å². The standard InChI is InChI=1S/C16H29N3O3/c1-11(2)17-16(21)18-7-5-14(6-8-18)15(20)19-9-12(3)22-13(4)10-19/h11-14H,5-10H2,1-4H3,(H,17,21)/t12-,13-/m0/s1. The van der Waals surface area contributed by atoms with Gasteiger partial charge < -0.3 is 19.9 Å². The van der Waals surface area contributed by atoms with Crippen LogP contribution < -0.4 is 5.32 Å². The summed E-state index contributed by atoms with van der Waals surface area (Å²) in [6.07, 6.45) is 1.71. The first-order chi connectivity index (χ1) is 10.4. The van der Waals surface area contributed by atoms with Crippen molar-refractivity contribution in [3.05, 3.63) is 0 Å². The van der Waals surface area contributed by atoms with Crippen LogP contribution in [0.1, 0.15) is 40.5 Å². The van der Waals surface area contributed by atoms with E-state index < -0.39 is 0 Å². The molecule has 2 aliphatic heterocycles. The second kappa shape index (κ2) is 7.31. The van der Waals surface area contributed by atoms with E-state index in [-0.39, 0.29) is 36.1 Å². The van der Waals surface area contributed by atoms with Gasteiger partial charge in [-0.2, -0.15) is 0 Å². The topological polar surface area (TPSA) is 61.9 Å². The second-order valence-corrected chi connectivity index (χ2v) is 6.87. The first-order valence-corrected chi connectivity index (χ1v) is 8.36. The van der Waals surface area contributed by atoms with Crippen molar-refractivity contribution in [3.63, 3.8) is 0 Å². The lowest BCUT2D eigenvalue weighted by atomic mass is 9.95. The third kappa shape index (κ3) is 4.35. The second-order valence-electron chi connectivity index (χ2n) is 6.87. The molecule has 0 aromatic heterocycles. The third-order valence-electron chi connectivity index (χ3n) is 4.27. The molecule has 0 aromatic carbocycles. The minimum absolute atomic E-state index is 0.0190. The fourth-order valence-electron chi connectivity index (χ4n) is 3.28. The average molecular weight is 311 g/mol. The first-order valence-electron chi connectivity index (χ1n) is 8.36. The van der Waals surface area contributed by atoms with Gasteiger partial charge >= 0.3 is 6.03 Å². The number of piperidine rings is 1.